The average molecular weight is 411 g/mol. The van der Waals surface area contributed by atoms with Crippen molar-refractivity contribution in [3.63, 3.8) is 0 Å². The van der Waals surface area contributed by atoms with Gasteiger partial charge in [-0.05, 0) is 24.6 Å². The quantitative estimate of drug-likeness (QED) is 0.814. The smallest absolute Gasteiger partial charge is 0.225 e. The number of hydrogen-bond donors (Lipinski definition) is 2. The molecule has 0 radical (unpaired) electrons. The third-order valence-corrected chi connectivity index (χ3v) is 4.08. The van der Waals surface area contributed by atoms with Crippen LogP contribution in [-0.2, 0) is 5.54 Å². The lowest BCUT2D eigenvalue weighted by Gasteiger charge is -2.29. The van der Waals surface area contributed by atoms with Crippen LogP contribution in [0, 0.1) is 5.82 Å². The van der Waals surface area contributed by atoms with E-state index < -0.39 is 5.54 Å². The molecule has 1 aromatic heterocycles. The van der Waals surface area contributed by atoms with Gasteiger partial charge < -0.3 is 16.0 Å². The van der Waals surface area contributed by atoms with E-state index in [1.54, 1.807) is 24.5 Å². The van der Waals surface area contributed by atoms with Crippen LogP contribution in [0.25, 0.3) is 0 Å². The number of nitrogens with two attached hydrogens (primary N) is 1. The number of aromatic nitrogens is 2. The number of piperazine rings is 1. The van der Waals surface area contributed by atoms with Crippen molar-refractivity contribution in [2.45, 2.75) is 12.5 Å². The summed E-state index contributed by atoms with van der Waals surface area (Å²) in [5, 5.41) is 3.30. The average Bonchev–Trinajstić information content (AvgIpc) is 2.56. The maximum atomic E-state index is 13.1. The predicted octanol–water partition coefficient (Wildman–Crippen LogP) is 2.51. The van der Waals surface area contributed by atoms with Gasteiger partial charge in [-0.3, -0.25) is 0 Å². The molecule has 0 saturated carbocycles. The van der Waals surface area contributed by atoms with Crippen molar-refractivity contribution in [3.05, 3.63) is 53.6 Å². The molecule has 0 bridgehead atoms. The van der Waals surface area contributed by atoms with Gasteiger partial charge in [-0.25, -0.2) is 14.4 Å². The zero-order valence-corrected chi connectivity index (χ0v) is 16.3. The molecule has 0 unspecified atom stereocenters. The van der Waals surface area contributed by atoms with Gasteiger partial charge in [-0.15, -0.1) is 37.2 Å². The molecule has 5 nitrogen and oxygen atoms in total. The summed E-state index contributed by atoms with van der Waals surface area (Å²) in [6.07, 6.45) is 3.52. The molecule has 0 amide bonds. The van der Waals surface area contributed by atoms with Crippen LogP contribution in [0.4, 0.5) is 10.3 Å². The Morgan fingerprint density at radius 1 is 1.00 bits per heavy atom. The summed E-state index contributed by atoms with van der Waals surface area (Å²) in [4.78, 5) is 11.0. The highest BCUT2D eigenvalue weighted by atomic mass is 35.5. The van der Waals surface area contributed by atoms with Gasteiger partial charge >= 0.3 is 0 Å². The minimum atomic E-state index is -0.754. The van der Waals surface area contributed by atoms with Crippen LogP contribution in [0.5, 0.6) is 0 Å². The topological polar surface area (TPSA) is 67.1 Å². The second-order valence-electron chi connectivity index (χ2n) is 5.72. The van der Waals surface area contributed by atoms with Gasteiger partial charge in [0.15, 0.2) is 0 Å². The van der Waals surface area contributed by atoms with E-state index >= 15 is 0 Å². The van der Waals surface area contributed by atoms with Crippen molar-refractivity contribution in [3.8, 4) is 0 Å². The van der Waals surface area contributed by atoms with Crippen LogP contribution in [0.3, 0.4) is 0 Å². The fraction of sp³-hybridized carbons (Fsp3) is 0.375. The molecule has 1 aromatic carbocycles. The number of anilines is 1. The molecule has 9 heteroatoms. The molecule has 3 rings (SSSR count). The summed E-state index contributed by atoms with van der Waals surface area (Å²) >= 11 is 0. The highest BCUT2D eigenvalue weighted by Crippen LogP contribution is 2.26. The molecular weight excluding hydrogens is 388 g/mol. The molecule has 0 aliphatic carbocycles. The Kier molecular flexibility index (Phi) is 9.61. The highest BCUT2D eigenvalue weighted by Gasteiger charge is 2.25. The minimum absolute atomic E-state index is 0. The standard InChI is InChI=1S/C16H20FN5.3ClH/c1-16(18,12-2-4-14(17)5-3-12)13-10-20-15(21-11-13)22-8-6-19-7-9-22;;;/h2-5,10-11,19H,6-9,18H2,1H3;3*1H/t16-;;;/m0.../s1. The van der Waals surface area contributed by atoms with Crippen LogP contribution in [0.1, 0.15) is 18.1 Å². The first kappa shape index (κ1) is 23.8. The highest BCUT2D eigenvalue weighted by molar-refractivity contribution is 5.86. The Hall–Kier alpha value is -1.18. The Morgan fingerprint density at radius 2 is 1.52 bits per heavy atom. The molecule has 140 valence electrons. The van der Waals surface area contributed by atoms with Gasteiger partial charge in [0.2, 0.25) is 5.95 Å². The minimum Gasteiger partial charge on any atom is -0.338 e. The van der Waals surface area contributed by atoms with Gasteiger partial charge in [0, 0.05) is 44.1 Å². The maximum absolute atomic E-state index is 13.1. The van der Waals surface area contributed by atoms with Crippen molar-refractivity contribution < 1.29 is 4.39 Å². The second kappa shape index (κ2) is 10.1. The van der Waals surface area contributed by atoms with Gasteiger partial charge in [-0.2, -0.15) is 0 Å². The van der Waals surface area contributed by atoms with Crippen molar-refractivity contribution >= 4 is 43.2 Å². The molecule has 2 aromatic rings. The molecule has 1 fully saturated rings. The summed E-state index contributed by atoms with van der Waals surface area (Å²) in [5.41, 5.74) is 7.29. The largest absolute Gasteiger partial charge is 0.338 e. The summed E-state index contributed by atoms with van der Waals surface area (Å²) in [7, 11) is 0. The first-order chi connectivity index (χ1) is 10.6. The Bertz CT molecular complexity index is 631. The molecule has 3 N–H and O–H groups in total. The summed E-state index contributed by atoms with van der Waals surface area (Å²) in [6.45, 7) is 5.56. The maximum Gasteiger partial charge on any atom is 0.225 e. The number of benzene rings is 1. The monoisotopic (exact) mass is 409 g/mol. The lowest BCUT2D eigenvalue weighted by molar-refractivity contribution is 0.572. The fourth-order valence-corrected chi connectivity index (χ4v) is 2.58. The summed E-state index contributed by atoms with van der Waals surface area (Å²) in [6, 6.07) is 6.21. The van der Waals surface area contributed by atoms with Gasteiger partial charge in [0.1, 0.15) is 5.82 Å². The van der Waals surface area contributed by atoms with Crippen LogP contribution in [0.15, 0.2) is 36.7 Å². The zero-order valence-electron chi connectivity index (χ0n) is 13.8. The Labute approximate surface area is 165 Å². The van der Waals surface area contributed by atoms with E-state index in [1.807, 2.05) is 6.92 Å². The van der Waals surface area contributed by atoms with E-state index in [0.29, 0.717) is 0 Å². The van der Waals surface area contributed by atoms with Crippen molar-refractivity contribution in [1.82, 2.24) is 15.3 Å². The molecular formula is C16H23Cl3FN5. The van der Waals surface area contributed by atoms with E-state index in [1.165, 1.54) is 12.1 Å². The van der Waals surface area contributed by atoms with Crippen LogP contribution < -0.4 is 16.0 Å². The number of halogens is 4. The van der Waals surface area contributed by atoms with Gasteiger partial charge in [0.05, 0.1) is 5.54 Å². The van der Waals surface area contributed by atoms with E-state index in [0.717, 1.165) is 43.3 Å². The number of rotatable bonds is 3. The van der Waals surface area contributed by atoms with Crippen LogP contribution in [-0.4, -0.2) is 36.1 Å². The number of nitrogens with one attached hydrogen (secondary N) is 1. The van der Waals surface area contributed by atoms with Crippen LogP contribution in [0.2, 0.25) is 0 Å². The Morgan fingerprint density at radius 3 is 2.04 bits per heavy atom. The molecule has 1 saturated heterocycles. The zero-order chi connectivity index (χ0) is 15.6. The summed E-state index contributed by atoms with van der Waals surface area (Å²) < 4.78 is 13.1. The van der Waals surface area contributed by atoms with E-state index in [-0.39, 0.29) is 43.0 Å². The first-order valence-corrected chi connectivity index (χ1v) is 7.40. The van der Waals surface area contributed by atoms with E-state index in [2.05, 4.69) is 20.2 Å². The van der Waals surface area contributed by atoms with Gasteiger partial charge in [0.25, 0.3) is 0 Å². The van der Waals surface area contributed by atoms with Crippen LogP contribution >= 0.6 is 37.2 Å². The molecule has 25 heavy (non-hydrogen) atoms. The van der Waals surface area contributed by atoms with Crippen molar-refractivity contribution in [2.75, 3.05) is 31.1 Å². The normalized spacial score (nSPS) is 15.9. The second-order valence-corrected chi connectivity index (χ2v) is 5.72. The van der Waals surface area contributed by atoms with Gasteiger partial charge in [-0.1, -0.05) is 12.1 Å². The lowest BCUT2D eigenvalue weighted by Crippen LogP contribution is -2.44. The van der Waals surface area contributed by atoms with Crippen molar-refractivity contribution in [1.29, 1.82) is 0 Å². The molecule has 1 aliphatic heterocycles. The number of nitrogens with zero attached hydrogens (tertiary/aromatic N) is 3. The van der Waals surface area contributed by atoms with Crippen molar-refractivity contribution in [2.24, 2.45) is 5.73 Å². The fourth-order valence-electron chi connectivity index (χ4n) is 2.58. The Balaban J connectivity index is 0.00000192. The SMILES string of the molecule is C[C@](N)(c1ccc(F)cc1)c1cnc(N2CCNCC2)nc1.Cl.Cl.Cl. The molecule has 2 heterocycles. The van der Waals surface area contributed by atoms with E-state index in [9.17, 15) is 4.39 Å². The molecule has 0 spiro atoms. The third-order valence-electron chi connectivity index (χ3n) is 4.08. The number of hydrogen-bond acceptors (Lipinski definition) is 5. The third kappa shape index (κ3) is 5.39. The lowest BCUT2D eigenvalue weighted by atomic mass is 9.87. The molecule has 1 atom stereocenters. The predicted molar refractivity (Wildman–Crippen MR) is 106 cm³/mol. The molecule has 1 aliphatic rings. The summed E-state index contributed by atoms with van der Waals surface area (Å²) in [5.74, 6) is 0.449. The van der Waals surface area contributed by atoms with E-state index in [4.69, 9.17) is 5.73 Å². The first-order valence-electron chi connectivity index (χ1n) is 7.40.